The van der Waals surface area contributed by atoms with Crippen LogP contribution in [0.15, 0.2) is 29.8 Å². The van der Waals surface area contributed by atoms with Gasteiger partial charge in [0.15, 0.2) is 0 Å². The molecule has 0 heterocycles. The van der Waals surface area contributed by atoms with Crippen LogP contribution in [0, 0.1) is 0 Å². The van der Waals surface area contributed by atoms with E-state index in [0.29, 0.717) is 0 Å². The second-order valence-corrected chi connectivity index (χ2v) is 3.97. The van der Waals surface area contributed by atoms with Gasteiger partial charge in [0, 0.05) is 6.92 Å². The summed E-state index contributed by atoms with van der Waals surface area (Å²) in [4.78, 5) is 26.4. The van der Waals surface area contributed by atoms with Crippen molar-refractivity contribution in [2.24, 2.45) is 0 Å². The molecule has 17 heavy (non-hydrogen) atoms. The normalized spacial score (nSPS) is 12.6. The number of carbonyl (C=O) groups excluding carboxylic acids is 2. The predicted molar refractivity (Wildman–Crippen MR) is 62.6 cm³/mol. The van der Waals surface area contributed by atoms with Crippen molar-refractivity contribution in [3.05, 3.63) is 41.0 Å². The number of benzene rings is 1. The summed E-state index contributed by atoms with van der Waals surface area (Å²) in [6, 6.07) is 8.01. The fraction of sp³-hybridized carbons (Fsp3) is 0.231. The largest absolute Gasteiger partial charge is 0.341 e. The Morgan fingerprint density at radius 1 is 1.35 bits per heavy atom. The molecule has 1 aliphatic rings. The van der Waals surface area contributed by atoms with Crippen LogP contribution in [0.1, 0.15) is 24.5 Å². The zero-order valence-electron chi connectivity index (χ0n) is 9.53. The van der Waals surface area contributed by atoms with E-state index in [0.717, 1.165) is 17.6 Å². The maximum Gasteiger partial charge on any atom is 0.329 e. The molecular formula is C13H13NO3. The fourth-order valence-corrected chi connectivity index (χ4v) is 1.84. The third kappa shape index (κ3) is 2.93. The van der Waals surface area contributed by atoms with Crippen LogP contribution in [0.2, 0.25) is 0 Å². The van der Waals surface area contributed by atoms with Gasteiger partial charge in [0.05, 0.1) is 6.42 Å². The van der Waals surface area contributed by atoms with Gasteiger partial charge in [-0.3, -0.25) is 9.59 Å². The van der Waals surface area contributed by atoms with Gasteiger partial charge in [0.1, 0.15) is 0 Å². The van der Waals surface area contributed by atoms with Crippen molar-refractivity contribution in [2.45, 2.75) is 19.8 Å². The molecule has 1 N–H and O–H groups in total. The lowest BCUT2D eigenvalue weighted by Crippen LogP contribution is -2.25. The lowest BCUT2D eigenvalue weighted by Gasteiger charge is -2.03. The zero-order chi connectivity index (χ0) is 12.3. The lowest BCUT2D eigenvalue weighted by atomic mass is 10.1. The van der Waals surface area contributed by atoms with Gasteiger partial charge in [0.25, 0.3) is 5.91 Å². The first-order valence-electron chi connectivity index (χ1n) is 5.39. The predicted octanol–water partition coefficient (Wildman–Crippen LogP) is 1.61. The Bertz CT molecular complexity index is 491. The maximum absolute atomic E-state index is 11.4. The summed E-state index contributed by atoms with van der Waals surface area (Å²) in [5.74, 6) is -0.832. The molecule has 1 aliphatic carbocycles. The first-order chi connectivity index (χ1) is 8.15. The second-order valence-electron chi connectivity index (χ2n) is 3.97. The molecule has 0 spiro atoms. The van der Waals surface area contributed by atoms with Gasteiger partial charge in [-0.15, -0.1) is 0 Å². The van der Waals surface area contributed by atoms with Crippen LogP contribution < -0.4 is 5.48 Å². The minimum Gasteiger partial charge on any atom is -0.341 e. The molecule has 1 aromatic rings. The van der Waals surface area contributed by atoms with Gasteiger partial charge in [-0.2, -0.15) is 5.48 Å². The van der Waals surface area contributed by atoms with Gasteiger partial charge in [-0.05, 0) is 17.5 Å². The van der Waals surface area contributed by atoms with Crippen LogP contribution in [0.4, 0.5) is 0 Å². The van der Waals surface area contributed by atoms with E-state index in [1.54, 1.807) is 0 Å². The number of rotatable bonds is 2. The molecule has 88 valence electrons. The highest BCUT2D eigenvalue weighted by molar-refractivity contribution is 5.82. The van der Waals surface area contributed by atoms with Crippen molar-refractivity contribution in [2.75, 3.05) is 0 Å². The number of carbonyl (C=O) groups is 2. The van der Waals surface area contributed by atoms with Gasteiger partial charge >= 0.3 is 5.97 Å². The number of hydroxylamine groups is 1. The summed E-state index contributed by atoms with van der Waals surface area (Å²) in [6.45, 7) is 1.24. The van der Waals surface area contributed by atoms with Crippen LogP contribution in [-0.4, -0.2) is 11.9 Å². The van der Waals surface area contributed by atoms with E-state index in [-0.39, 0.29) is 12.3 Å². The SMILES string of the molecule is CC(=O)ONC(=O)CC1=Cc2ccccc2C1. The Morgan fingerprint density at radius 3 is 2.82 bits per heavy atom. The van der Waals surface area contributed by atoms with Crippen molar-refractivity contribution >= 4 is 18.0 Å². The van der Waals surface area contributed by atoms with E-state index in [9.17, 15) is 9.59 Å². The molecular weight excluding hydrogens is 218 g/mol. The molecule has 0 unspecified atom stereocenters. The zero-order valence-corrected chi connectivity index (χ0v) is 9.53. The van der Waals surface area contributed by atoms with Crippen molar-refractivity contribution in [3.63, 3.8) is 0 Å². The molecule has 1 aromatic carbocycles. The number of hydrogen-bond acceptors (Lipinski definition) is 3. The minimum atomic E-state index is -0.526. The van der Waals surface area contributed by atoms with Crippen LogP contribution in [-0.2, 0) is 20.8 Å². The van der Waals surface area contributed by atoms with E-state index in [2.05, 4.69) is 10.3 Å². The van der Waals surface area contributed by atoms with E-state index >= 15 is 0 Å². The highest BCUT2D eigenvalue weighted by Gasteiger charge is 2.15. The van der Waals surface area contributed by atoms with Crippen molar-refractivity contribution < 1.29 is 14.4 Å². The summed E-state index contributed by atoms with van der Waals surface area (Å²) < 4.78 is 0. The minimum absolute atomic E-state index is 0.252. The molecule has 0 atom stereocenters. The Morgan fingerprint density at radius 2 is 2.12 bits per heavy atom. The van der Waals surface area contributed by atoms with Crippen molar-refractivity contribution in [1.82, 2.24) is 5.48 Å². The van der Waals surface area contributed by atoms with Crippen molar-refractivity contribution in [3.8, 4) is 0 Å². The average molecular weight is 231 g/mol. The van der Waals surface area contributed by atoms with Crippen LogP contribution >= 0.6 is 0 Å². The summed E-state index contributed by atoms with van der Waals surface area (Å²) in [7, 11) is 0. The maximum atomic E-state index is 11.4. The summed E-state index contributed by atoms with van der Waals surface area (Å²) in [6.07, 6.45) is 3.04. The molecule has 4 nitrogen and oxygen atoms in total. The van der Waals surface area contributed by atoms with E-state index in [1.165, 1.54) is 12.5 Å². The Hall–Kier alpha value is -2.10. The number of amides is 1. The van der Waals surface area contributed by atoms with E-state index < -0.39 is 5.97 Å². The van der Waals surface area contributed by atoms with Crippen molar-refractivity contribution in [1.29, 1.82) is 0 Å². The third-order valence-electron chi connectivity index (χ3n) is 2.53. The Balaban J connectivity index is 1.91. The first kappa shape index (κ1) is 11.4. The molecule has 1 amide bonds. The number of nitrogens with one attached hydrogen (secondary N) is 1. The molecule has 0 fully saturated rings. The molecule has 4 heteroatoms. The molecule has 0 bridgehead atoms. The molecule has 0 aromatic heterocycles. The smallest absolute Gasteiger partial charge is 0.329 e. The first-order valence-corrected chi connectivity index (χ1v) is 5.39. The molecule has 2 rings (SSSR count). The summed E-state index contributed by atoms with van der Waals surface area (Å²) >= 11 is 0. The summed E-state index contributed by atoms with van der Waals surface area (Å²) in [5, 5.41) is 0. The third-order valence-corrected chi connectivity index (χ3v) is 2.53. The summed E-state index contributed by atoms with van der Waals surface area (Å²) in [5.41, 5.74) is 5.51. The van der Waals surface area contributed by atoms with Gasteiger partial charge in [-0.1, -0.05) is 35.9 Å². The molecule has 0 radical (unpaired) electrons. The van der Waals surface area contributed by atoms with Gasteiger partial charge < -0.3 is 4.84 Å². The van der Waals surface area contributed by atoms with Gasteiger partial charge in [0.2, 0.25) is 0 Å². The molecule has 0 saturated heterocycles. The molecule has 0 saturated carbocycles. The fourth-order valence-electron chi connectivity index (χ4n) is 1.84. The highest BCUT2D eigenvalue weighted by atomic mass is 16.7. The standard InChI is InChI=1S/C13H13NO3/c1-9(15)17-14-13(16)8-10-6-11-4-2-3-5-12(11)7-10/h2-6H,7-8H2,1H3,(H,14,16). The lowest BCUT2D eigenvalue weighted by molar-refractivity contribution is -0.155. The second kappa shape index (κ2) is 4.82. The monoisotopic (exact) mass is 231 g/mol. The number of hydrogen-bond donors (Lipinski definition) is 1. The Labute approximate surface area is 99.2 Å². The van der Waals surface area contributed by atoms with Crippen LogP contribution in [0.3, 0.4) is 0 Å². The topological polar surface area (TPSA) is 55.4 Å². The van der Waals surface area contributed by atoms with Gasteiger partial charge in [-0.25, -0.2) is 0 Å². The number of fused-ring (bicyclic) bond motifs is 1. The van der Waals surface area contributed by atoms with Crippen LogP contribution in [0.5, 0.6) is 0 Å². The quantitative estimate of drug-likeness (QED) is 0.787. The Kier molecular flexibility index (Phi) is 3.23. The van der Waals surface area contributed by atoms with E-state index in [1.807, 2.05) is 30.3 Å². The molecule has 0 aliphatic heterocycles. The van der Waals surface area contributed by atoms with Crippen LogP contribution in [0.25, 0.3) is 6.08 Å². The van der Waals surface area contributed by atoms with E-state index in [4.69, 9.17) is 0 Å². The average Bonchev–Trinajstić information content (AvgIpc) is 2.68. The highest BCUT2D eigenvalue weighted by Crippen LogP contribution is 2.26.